The van der Waals surface area contributed by atoms with Gasteiger partial charge in [0.15, 0.2) is 6.61 Å². The van der Waals surface area contributed by atoms with Gasteiger partial charge in [0.1, 0.15) is 12.3 Å². The van der Waals surface area contributed by atoms with E-state index in [1.807, 2.05) is 0 Å². The normalized spacial score (nSPS) is 13.8. The van der Waals surface area contributed by atoms with Crippen LogP contribution in [-0.2, 0) is 26.2 Å². The summed E-state index contributed by atoms with van der Waals surface area (Å²) in [5.41, 5.74) is 0.974. The second-order valence-corrected chi connectivity index (χ2v) is 9.59. The van der Waals surface area contributed by atoms with Crippen LogP contribution in [0.4, 0.5) is 5.69 Å². The molecule has 2 aromatic carbocycles. The largest absolute Gasteiger partial charge is 0.482 e. The molecule has 1 aliphatic heterocycles. The molecule has 154 valence electrons. The molecule has 0 fully saturated rings. The molecule has 29 heavy (non-hydrogen) atoms. The van der Waals surface area contributed by atoms with E-state index in [-0.39, 0.29) is 30.5 Å². The SMILES string of the molecule is CN(C)S(=O)(=O)c1ccccc1CNC(=O)CN1C(=O)COc2cc(Br)ccc21. The number of sulfonamides is 1. The molecule has 0 radical (unpaired) electrons. The molecule has 0 aliphatic carbocycles. The van der Waals surface area contributed by atoms with Crippen molar-refractivity contribution in [1.29, 1.82) is 0 Å². The Morgan fingerprint density at radius 2 is 1.97 bits per heavy atom. The van der Waals surface area contributed by atoms with Crippen LogP contribution in [0.3, 0.4) is 0 Å². The monoisotopic (exact) mass is 481 g/mol. The second kappa shape index (κ2) is 8.52. The molecule has 0 aromatic heterocycles. The van der Waals surface area contributed by atoms with Crippen molar-refractivity contribution in [3.8, 4) is 5.75 Å². The Bertz CT molecular complexity index is 1060. The number of nitrogens with zero attached hydrogens (tertiary/aromatic N) is 2. The summed E-state index contributed by atoms with van der Waals surface area (Å²) in [6.45, 7) is -0.326. The standard InChI is InChI=1S/C19H20BrN3O5S/c1-22(2)29(26,27)17-6-4-3-5-13(17)10-21-18(24)11-23-15-8-7-14(20)9-16(15)28-12-19(23)25/h3-9H,10-12H2,1-2H3,(H,21,24). The van der Waals surface area contributed by atoms with E-state index < -0.39 is 15.9 Å². The molecule has 1 N–H and O–H groups in total. The van der Waals surface area contributed by atoms with E-state index in [1.165, 1.54) is 25.1 Å². The number of fused-ring (bicyclic) bond motifs is 1. The summed E-state index contributed by atoms with van der Waals surface area (Å²) in [6, 6.07) is 11.7. The first kappa shape index (κ1) is 21.3. The molecule has 8 nitrogen and oxygen atoms in total. The van der Waals surface area contributed by atoms with E-state index in [4.69, 9.17) is 4.74 Å². The third kappa shape index (κ3) is 4.60. The molecule has 1 aliphatic rings. The van der Waals surface area contributed by atoms with E-state index in [2.05, 4.69) is 21.2 Å². The number of carbonyl (C=O) groups excluding carboxylic acids is 2. The zero-order valence-electron chi connectivity index (χ0n) is 15.9. The molecule has 0 saturated heterocycles. The molecule has 2 aromatic rings. The van der Waals surface area contributed by atoms with Gasteiger partial charge in [-0.05, 0) is 29.8 Å². The van der Waals surface area contributed by atoms with Crippen molar-refractivity contribution in [2.24, 2.45) is 0 Å². The fraction of sp³-hybridized carbons (Fsp3) is 0.263. The molecule has 0 spiro atoms. The molecule has 0 atom stereocenters. The van der Waals surface area contributed by atoms with Crippen LogP contribution in [0, 0.1) is 0 Å². The summed E-state index contributed by atoms with van der Waals surface area (Å²) < 4.78 is 32.3. The lowest BCUT2D eigenvalue weighted by Crippen LogP contribution is -2.45. The highest BCUT2D eigenvalue weighted by Crippen LogP contribution is 2.34. The highest BCUT2D eigenvalue weighted by molar-refractivity contribution is 9.10. The quantitative estimate of drug-likeness (QED) is 0.677. The minimum absolute atomic E-state index is 0.0216. The van der Waals surface area contributed by atoms with Crippen LogP contribution >= 0.6 is 15.9 Å². The van der Waals surface area contributed by atoms with Gasteiger partial charge in [-0.25, -0.2) is 12.7 Å². The zero-order valence-corrected chi connectivity index (χ0v) is 18.3. The van der Waals surface area contributed by atoms with Crippen molar-refractivity contribution in [3.63, 3.8) is 0 Å². The number of ether oxygens (including phenoxy) is 1. The number of hydrogen-bond donors (Lipinski definition) is 1. The Morgan fingerprint density at radius 3 is 2.69 bits per heavy atom. The van der Waals surface area contributed by atoms with Crippen molar-refractivity contribution < 1.29 is 22.7 Å². The lowest BCUT2D eigenvalue weighted by atomic mass is 10.2. The highest BCUT2D eigenvalue weighted by Gasteiger charge is 2.27. The van der Waals surface area contributed by atoms with Gasteiger partial charge < -0.3 is 10.1 Å². The Labute approximate surface area is 177 Å². The van der Waals surface area contributed by atoms with Gasteiger partial charge in [0.2, 0.25) is 15.9 Å². The number of amides is 2. The number of carbonyl (C=O) groups is 2. The molecule has 3 rings (SSSR count). The number of hydrogen-bond acceptors (Lipinski definition) is 5. The molecule has 0 saturated carbocycles. The number of benzene rings is 2. The first-order chi connectivity index (χ1) is 13.7. The van der Waals surface area contributed by atoms with Crippen LogP contribution in [0.15, 0.2) is 51.8 Å². The average molecular weight is 482 g/mol. The topological polar surface area (TPSA) is 96.0 Å². The molecule has 10 heteroatoms. The number of nitrogens with one attached hydrogen (secondary N) is 1. The minimum atomic E-state index is -3.64. The first-order valence-electron chi connectivity index (χ1n) is 8.70. The lowest BCUT2D eigenvalue weighted by Gasteiger charge is -2.29. The summed E-state index contributed by atoms with van der Waals surface area (Å²) >= 11 is 3.34. The van der Waals surface area contributed by atoms with Crippen LogP contribution < -0.4 is 15.0 Å². The van der Waals surface area contributed by atoms with Crippen LogP contribution in [0.25, 0.3) is 0 Å². The minimum Gasteiger partial charge on any atom is -0.482 e. The second-order valence-electron chi connectivity index (χ2n) is 6.55. The first-order valence-corrected chi connectivity index (χ1v) is 10.9. The predicted octanol–water partition coefficient (Wildman–Crippen LogP) is 1.74. The summed E-state index contributed by atoms with van der Waals surface area (Å²) in [6.07, 6.45) is 0. The molecular formula is C19H20BrN3O5S. The Hall–Kier alpha value is -2.43. The molecule has 2 amide bonds. The van der Waals surface area contributed by atoms with Gasteiger partial charge in [-0.3, -0.25) is 14.5 Å². The lowest BCUT2D eigenvalue weighted by molar-refractivity contribution is -0.125. The molecule has 0 unspecified atom stereocenters. The summed E-state index contributed by atoms with van der Waals surface area (Å²) in [7, 11) is -0.741. The third-order valence-electron chi connectivity index (χ3n) is 4.37. The van der Waals surface area contributed by atoms with Gasteiger partial charge in [-0.15, -0.1) is 0 Å². The maximum absolute atomic E-state index is 12.5. The summed E-state index contributed by atoms with van der Waals surface area (Å²) in [4.78, 5) is 26.2. The summed E-state index contributed by atoms with van der Waals surface area (Å²) in [5, 5.41) is 2.69. The van der Waals surface area contributed by atoms with Gasteiger partial charge in [0.25, 0.3) is 5.91 Å². The van der Waals surface area contributed by atoms with Crippen LogP contribution in [-0.4, -0.2) is 51.8 Å². The maximum Gasteiger partial charge on any atom is 0.265 e. The molecule has 0 bridgehead atoms. The number of anilines is 1. The van der Waals surface area contributed by atoms with E-state index >= 15 is 0 Å². The predicted molar refractivity (Wildman–Crippen MR) is 111 cm³/mol. The zero-order chi connectivity index (χ0) is 21.2. The number of halogens is 1. The van der Waals surface area contributed by atoms with Crippen molar-refractivity contribution in [1.82, 2.24) is 9.62 Å². The average Bonchev–Trinajstić information content (AvgIpc) is 2.68. The van der Waals surface area contributed by atoms with Gasteiger partial charge in [-0.1, -0.05) is 34.1 Å². The number of rotatable bonds is 6. The smallest absolute Gasteiger partial charge is 0.265 e. The molecule has 1 heterocycles. The van der Waals surface area contributed by atoms with E-state index in [9.17, 15) is 18.0 Å². The van der Waals surface area contributed by atoms with E-state index in [1.54, 1.807) is 36.4 Å². The van der Waals surface area contributed by atoms with Gasteiger partial charge in [0.05, 0.1) is 10.6 Å². The van der Waals surface area contributed by atoms with Crippen molar-refractivity contribution in [2.75, 3.05) is 32.1 Å². The van der Waals surface area contributed by atoms with Gasteiger partial charge in [0, 0.05) is 25.1 Å². The van der Waals surface area contributed by atoms with Crippen molar-refractivity contribution in [3.05, 3.63) is 52.5 Å². The fourth-order valence-electron chi connectivity index (χ4n) is 2.84. The van der Waals surface area contributed by atoms with Gasteiger partial charge in [-0.2, -0.15) is 0 Å². The Morgan fingerprint density at radius 1 is 1.24 bits per heavy atom. The van der Waals surface area contributed by atoms with Crippen LogP contribution in [0.1, 0.15) is 5.56 Å². The third-order valence-corrected chi connectivity index (χ3v) is 6.78. The van der Waals surface area contributed by atoms with E-state index in [0.717, 1.165) is 8.78 Å². The maximum atomic E-state index is 12.5. The van der Waals surface area contributed by atoms with Crippen molar-refractivity contribution in [2.45, 2.75) is 11.4 Å². The summed E-state index contributed by atoms with van der Waals surface area (Å²) in [5.74, 6) is -0.231. The van der Waals surface area contributed by atoms with Crippen molar-refractivity contribution >= 4 is 43.5 Å². The van der Waals surface area contributed by atoms with Gasteiger partial charge >= 0.3 is 0 Å². The van der Waals surface area contributed by atoms with Crippen LogP contribution in [0.5, 0.6) is 5.75 Å². The van der Waals surface area contributed by atoms with Crippen LogP contribution in [0.2, 0.25) is 0 Å². The fourth-order valence-corrected chi connectivity index (χ4v) is 4.30. The highest BCUT2D eigenvalue weighted by atomic mass is 79.9. The Balaban J connectivity index is 1.73. The Kier molecular flexibility index (Phi) is 6.25. The van der Waals surface area contributed by atoms with E-state index in [0.29, 0.717) is 17.0 Å². The molecular weight excluding hydrogens is 462 g/mol.